The van der Waals surface area contributed by atoms with E-state index in [0.29, 0.717) is 19.3 Å². The summed E-state index contributed by atoms with van der Waals surface area (Å²) in [5.74, 6) is -0.223. The largest absolute Gasteiger partial charge is 0.460 e. The third-order valence-electron chi connectivity index (χ3n) is 3.69. The number of hydrogen-bond donors (Lipinski definition) is 0. The van der Waals surface area contributed by atoms with Gasteiger partial charge in [0.2, 0.25) is 0 Å². The van der Waals surface area contributed by atoms with Crippen LogP contribution in [0.2, 0.25) is 18.1 Å². The second kappa shape index (κ2) is 7.54. The lowest BCUT2D eigenvalue weighted by atomic mass is 10.1. The minimum atomic E-state index is -1.95. The Hall–Kier alpha value is -0.683. The molecule has 0 radical (unpaired) electrons. The molecule has 0 aliphatic heterocycles. The molecule has 0 aromatic carbocycles. The van der Waals surface area contributed by atoms with Crippen LogP contribution in [0, 0.1) is 0 Å². The number of ether oxygens (including phenoxy) is 1. The summed E-state index contributed by atoms with van der Waals surface area (Å²) in [5, 5.41) is 0.0689. The van der Waals surface area contributed by atoms with Crippen molar-refractivity contribution in [3.63, 3.8) is 0 Å². The molecule has 0 spiro atoms. The smallest absolute Gasteiger partial charge is 0.306 e. The van der Waals surface area contributed by atoms with Crippen molar-refractivity contribution < 1.29 is 18.8 Å². The Morgan fingerprint density at radius 3 is 2.05 bits per heavy atom. The van der Waals surface area contributed by atoms with Crippen LogP contribution >= 0.6 is 0 Å². The highest BCUT2D eigenvalue weighted by molar-refractivity contribution is 6.74. The van der Waals surface area contributed by atoms with Crippen molar-refractivity contribution in [2.24, 2.45) is 0 Å². The first-order valence-electron chi connectivity index (χ1n) is 7.63. The van der Waals surface area contributed by atoms with Crippen molar-refractivity contribution >= 4 is 20.6 Å². The van der Waals surface area contributed by atoms with Gasteiger partial charge in [-0.25, -0.2) is 0 Å². The van der Waals surface area contributed by atoms with Crippen LogP contribution < -0.4 is 0 Å². The van der Waals surface area contributed by atoms with Crippen LogP contribution in [0.25, 0.3) is 0 Å². The Morgan fingerprint density at radius 1 is 1.14 bits per heavy atom. The fourth-order valence-electron chi connectivity index (χ4n) is 1.55. The summed E-state index contributed by atoms with van der Waals surface area (Å²) in [5.41, 5.74) is -0.460. The van der Waals surface area contributed by atoms with Crippen molar-refractivity contribution in [1.82, 2.24) is 0 Å². The third-order valence-corrected chi connectivity index (χ3v) is 8.20. The van der Waals surface area contributed by atoms with Gasteiger partial charge in [-0.1, -0.05) is 20.8 Å². The predicted octanol–water partition coefficient (Wildman–Crippen LogP) is 4.09. The highest BCUT2D eigenvalue weighted by Gasteiger charge is 2.39. The Morgan fingerprint density at radius 2 is 1.67 bits per heavy atom. The second-order valence-electron chi connectivity index (χ2n) is 8.03. The zero-order valence-electron chi connectivity index (χ0n) is 14.9. The van der Waals surface area contributed by atoms with Crippen LogP contribution in [0.4, 0.5) is 0 Å². The van der Waals surface area contributed by atoms with E-state index in [0.717, 1.165) is 6.29 Å². The van der Waals surface area contributed by atoms with Gasteiger partial charge in [-0.15, -0.1) is 0 Å². The van der Waals surface area contributed by atoms with E-state index in [1.54, 1.807) is 0 Å². The van der Waals surface area contributed by atoms with Crippen LogP contribution in [0.1, 0.15) is 60.8 Å². The molecule has 124 valence electrons. The van der Waals surface area contributed by atoms with Gasteiger partial charge in [0.05, 0.1) is 0 Å². The van der Waals surface area contributed by atoms with Crippen LogP contribution in [-0.4, -0.2) is 32.3 Å². The molecule has 21 heavy (non-hydrogen) atoms. The molecule has 0 aliphatic carbocycles. The van der Waals surface area contributed by atoms with Gasteiger partial charge in [-0.05, 0) is 51.7 Å². The zero-order valence-corrected chi connectivity index (χ0v) is 15.9. The van der Waals surface area contributed by atoms with Gasteiger partial charge in [-0.2, -0.15) is 0 Å². The molecule has 0 amide bonds. The number of esters is 1. The molecule has 0 saturated heterocycles. The summed E-state index contributed by atoms with van der Waals surface area (Å²) in [6.45, 7) is 16.2. The maximum absolute atomic E-state index is 11.6. The van der Waals surface area contributed by atoms with E-state index in [9.17, 15) is 9.59 Å². The molecule has 0 rings (SSSR count). The average molecular weight is 317 g/mol. The molecule has 5 heteroatoms. The van der Waals surface area contributed by atoms with Crippen LogP contribution in [0.5, 0.6) is 0 Å². The van der Waals surface area contributed by atoms with Crippen LogP contribution in [0.15, 0.2) is 0 Å². The van der Waals surface area contributed by atoms with Gasteiger partial charge in [0.1, 0.15) is 18.0 Å². The fourth-order valence-corrected chi connectivity index (χ4v) is 2.83. The molecular weight excluding hydrogens is 284 g/mol. The molecule has 0 unspecified atom stereocenters. The molecule has 0 aromatic heterocycles. The molecule has 0 fully saturated rings. The third kappa shape index (κ3) is 8.36. The minimum Gasteiger partial charge on any atom is -0.460 e. The highest BCUT2D eigenvalue weighted by Crippen LogP contribution is 2.37. The summed E-state index contributed by atoms with van der Waals surface area (Å²) < 4.78 is 11.3. The van der Waals surface area contributed by atoms with Crippen molar-refractivity contribution in [2.45, 2.75) is 90.6 Å². The summed E-state index contributed by atoms with van der Waals surface area (Å²) in [4.78, 5) is 22.8. The van der Waals surface area contributed by atoms with E-state index in [-0.39, 0.29) is 11.0 Å². The Kier molecular flexibility index (Phi) is 7.30. The lowest BCUT2D eigenvalue weighted by Crippen LogP contribution is -2.44. The van der Waals surface area contributed by atoms with Gasteiger partial charge in [0, 0.05) is 6.42 Å². The van der Waals surface area contributed by atoms with Gasteiger partial charge in [0.25, 0.3) is 0 Å². The predicted molar refractivity (Wildman–Crippen MR) is 87.8 cm³/mol. The molecule has 0 aliphatic rings. The summed E-state index contributed by atoms with van der Waals surface area (Å²) >= 11 is 0. The fraction of sp³-hybridized carbons (Fsp3) is 0.875. The number of aldehydes is 1. The molecule has 0 bridgehead atoms. The van der Waals surface area contributed by atoms with Gasteiger partial charge in [-0.3, -0.25) is 4.79 Å². The normalized spacial score (nSPS) is 14.7. The first-order chi connectivity index (χ1) is 9.28. The molecule has 0 aromatic rings. The van der Waals surface area contributed by atoms with E-state index in [1.807, 2.05) is 20.8 Å². The van der Waals surface area contributed by atoms with Crippen LogP contribution in [0.3, 0.4) is 0 Å². The maximum atomic E-state index is 11.6. The van der Waals surface area contributed by atoms with E-state index in [1.165, 1.54) is 0 Å². The highest BCUT2D eigenvalue weighted by atomic mass is 28.4. The lowest BCUT2D eigenvalue weighted by Gasteiger charge is -2.38. The van der Waals surface area contributed by atoms with Gasteiger partial charge >= 0.3 is 5.97 Å². The summed E-state index contributed by atoms with van der Waals surface area (Å²) in [7, 11) is -1.95. The number of carbonyl (C=O) groups is 2. The van der Waals surface area contributed by atoms with Crippen molar-refractivity contribution in [3.8, 4) is 0 Å². The van der Waals surface area contributed by atoms with E-state index >= 15 is 0 Å². The molecular formula is C16H32O4Si. The number of carbonyl (C=O) groups excluding carboxylic acids is 2. The first-order valence-corrected chi connectivity index (χ1v) is 10.5. The first kappa shape index (κ1) is 20.3. The molecule has 0 saturated carbocycles. The zero-order chi connectivity index (χ0) is 16.9. The van der Waals surface area contributed by atoms with E-state index < -0.39 is 20.0 Å². The number of rotatable bonds is 7. The minimum absolute atomic E-state index is 0.0689. The molecule has 1 atom stereocenters. The van der Waals surface area contributed by atoms with Crippen molar-refractivity contribution in [3.05, 3.63) is 0 Å². The summed E-state index contributed by atoms with van der Waals surface area (Å²) in [6, 6.07) is 0. The van der Waals surface area contributed by atoms with Gasteiger partial charge in [0.15, 0.2) is 8.32 Å². The van der Waals surface area contributed by atoms with E-state index in [2.05, 4.69) is 33.9 Å². The summed E-state index contributed by atoms with van der Waals surface area (Å²) in [6.07, 6.45) is 1.92. The molecule has 4 nitrogen and oxygen atoms in total. The maximum Gasteiger partial charge on any atom is 0.306 e. The monoisotopic (exact) mass is 316 g/mol. The Balaban J connectivity index is 4.30. The van der Waals surface area contributed by atoms with Crippen molar-refractivity contribution in [2.75, 3.05) is 0 Å². The van der Waals surface area contributed by atoms with Gasteiger partial charge < -0.3 is 14.0 Å². The Bertz CT molecular complexity index is 350. The standard InChI is InChI=1S/C16H32O4Si/c1-15(2,3)19-14(18)11-9-10-13(12-17)20-21(7,8)16(4,5)6/h12-13H,9-11H2,1-8H3/t13-/m0/s1. The number of hydrogen-bond acceptors (Lipinski definition) is 4. The Labute approximate surface area is 130 Å². The molecule has 0 N–H and O–H groups in total. The van der Waals surface area contributed by atoms with Crippen molar-refractivity contribution in [1.29, 1.82) is 0 Å². The van der Waals surface area contributed by atoms with Crippen LogP contribution in [-0.2, 0) is 18.8 Å². The quantitative estimate of drug-likeness (QED) is 0.403. The van der Waals surface area contributed by atoms with E-state index in [4.69, 9.17) is 9.16 Å². The molecule has 0 heterocycles. The lowest BCUT2D eigenvalue weighted by molar-refractivity contribution is -0.155. The topological polar surface area (TPSA) is 52.6 Å². The SMILES string of the molecule is CC(C)(C)OC(=O)CCC[C@@H](C=O)O[Si](C)(C)C(C)(C)C. The average Bonchev–Trinajstić information content (AvgIpc) is 2.23. The second-order valence-corrected chi connectivity index (χ2v) is 12.8.